The highest BCUT2D eigenvalue weighted by Crippen LogP contribution is 2.09. The molecule has 0 radical (unpaired) electrons. The lowest BCUT2D eigenvalue weighted by Gasteiger charge is -2.29. The van der Waals surface area contributed by atoms with E-state index in [0.717, 1.165) is 12.8 Å². The summed E-state index contributed by atoms with van der Waals surface area (Å²) in [7, 11) is 1.87. The zero-order chi connectivity index (χ0) is 9.72. The normalized spacial score (nSPS) is 13.8. The molecule has 1 atom stereocenters. The molecule has 0 aliphatic carbocycles. The minimum atomic E-state index is -0.746. The van der Waals surface area contributed by atoms with Gasteiger partial charge < -0.3 is 5.11 Å². The number of carboxylic acids is 1. The third-order valence-corrected chi connectivity index (χ3v) is 2.49. The molecule has 0 aliphatic heterocycles. The molecular weight excluding hydrogens is 154 g/mol. The second-order valence-electron chi connectivity index (χ2n) is 3.15. The summed E-state index contributed by atoms with van der Waals surface area (Å²) in [6.07, 6.45) is 2.01. The van der Waals surface area contributed by atoms with Gasteiger partial charge in [-0.1, -0.05) is 13.8 Å². The van der Waals surface area contributed by atoms with E-state index in [-0.39, 0.29) is 6.04 Å². The summed E-state index contributed by atoms with van der Waals surface area (Å²) in [6.45, 7) is 5.89. The summed E-state index contributed by atoms with van der Waals surface area (Å²) in [5.41, 5.74) is 0. The van der Waals surface area contributed by atoms with Crippen molar-refractivity contribution in [2.75, 3.05) is 7.05 Å². The summed E-state index contributed by atoms with van der Waals surface area (Å²) in [5.74, 6) is -0.746. The standard InChI is InChI=1S/C9H19NO2/c1-5-8(6-2)10(4)7(3)9(11)12/h7-8H,5-6H2,1-4H3,(H,11,12). The molecule has 0 bridgehead atoms. The van der Waals surface area contributed by atoms with Gasteiger partial charge in [0.25, 0.3) is 0 Å². The Morgan fingerprint density at radius 2 is 1.83 bits per heavy atom. The van der Waals surface area contributed by atoms with Crippen LogP contribution in [0.25, 0.3) is 0 Å². The molecule has 0 amide bonds. The van der Waals surface area contributed by atoms with Gasteiger partial charge in [-0.15, -0.1) is 0 Å². The fraction of sp³-hybridized carbons (Fsp3) is 0.889. The average Bonchev–Trinajstić information content (AvgIpc) is 2.05. The Balaban J connectivity index is 4.14. The molecular formula is C9H19NO2. The van der Waals surface area contributed by atoms with Crippen molar-refractivity contribution in [3.8, 4) is 0 Å². The number of carbonyl (C=O) groups is 1. The lowest BCUT2D eigenvalue weighted by molar-refractivity contribution is -0.143. The number of aliphatic carboxylic acids is 1. The second-order valence-corrected chi connectivity index (χ2v) is 3.15. The first-order valence-corrected chi connectivity index (χ1v) is 4.49. The molecule has 0 saturated heterocycles. The van der Waals surface area contributed by atoms with Crippen LogP contribution in [-0.4, -0.2) is 35.1 Å². The number of carboxylic acid groups (broad SMARTS) is 1. The Labute approximate surface area is 74.4 Å². The van der Waals surface area contributed by atoms with Crippen LogP contribution >= 0.6 is 0 Å². The summed E-state index contributed by atoms with van der Waals surface area (Å²) in [6, 6.07) is 0.00556. The topological polar surface area (TPSA) is 40.5 Å². The lowest BCUT2D eigenvalue weighted by Crippen LogP contribution is -2.42. The summed E-state index contributed by atoms with van der Waals surface area (Å²) in [4.78, 5) is 12.6. The predicted molar refractivity (Wildman–Crippen MR) is 49.2 cm³/mol. The Hall–Kier alpha value is -0.570. The van der Waals surface area contributed by atoms with Crippen LogP contribution in [0.2, 0.25) is 0 Å². The quantitative estimate of drug-likeness (QED) is 0.686. The van der Waals surface area contributed by atoms with Crippen LogP contribution in [-0.2, 0) is 4.79 Å². The fourth-order valence-electron chi connectivity index (χ4n) is 1.36. The van der Waals surface area contributed by atoms with Crippen LogP contribution in [0.1, 0.15) is 33.6 Å². The van der Waals surface area contributed by atoms with Crippen molar-refractivity contribution in [3.05, 3.63) is 0 Å². The van der Waals surface area contributed by atoms with E-state index >= 15 is 0 Å². The minimum absolute atomic E-state index is 0.380. The molecule has 3 nitrogen and oxygen atoms in total. The van der Waals surface area contributed by atoms with E-state index in [2.05, 4.69) is 13.8 Å². The first kappa shape index (κ1) is 11.4. The molecule has 0 spiro atoms. The molecule has 0 aliphatic rings. The monoisotopic (exact) mass is 173 g/mol. The van der Waals surface area contributed by atoms with Crippen LogP contribution < -0.4 is 0 Å². The molecule has 1 N–H and O–H groups in total. The first-order valence-electron chi connectivity index (χ1n) is 4.49. The van der Waals surface area contributed by atoms with Gasteiger partial charge in [0.05, 0.1) is 0 Å². The second kappa shape index (κ2) is 5.14. The number of nitrogens with zero attached hydrogens (tertiary/aromatic N) is 1. The van der Waals surface area contributed by atoms with Gasteiger partial charge in [-0.25, -0.2) is 0 Å². The first-order chi connectivity index (χ1) is 5.54. The van der Waals surface area contributed by atoms with Gasteiger partial charge in [0.1, 0.15) is 6.04 Å². The molecule has 72 valence electrons. The van der Waals surface area contributed by atoms with Crippen molar-refractivity contribution in [2.45, 2.75) is 45.7 Å². The molecule has 1 unspecified atom stereocenters. The van der Waals surface area contributed by atoms with Gasteiger partial charge in [-0.2, -0.15) is 0 Å². The Kier molecular flexibility index (Phi) is 4.90. The van der Waals surface area contributed by atoms with Crippen LogP contribution in [0.5, 0.6) is 0 Å². The zero-order valence-corrected chi connectivity index (χ0v) is 8.37. The average molecular weight is 173 g/mol. The van der Waals surface area contributed by atoms with E-state index < -0.39 is 5.97 Å². The van der Waals surface area contributed by atoms with E-state index in [1.54, 1.807) is 6.92 Å². The zero-order valence-electron chi connectivity index (χ0n) is 8.37. The molecule has 0 heterocycles. The van der Waals surface area contributed by atoms with E-state index in [1.807, 2.05) is 11.9 Å². The van der Waals surface area contributed by atoms with Crippen LogP contribution in [0.15, 0.2) is 0 Å². The largest absolute Gasteiger partial charge is 0.480 e. The van der Waals surface area contributed by atoms with E-state index in [0.29, 0.717) is 6.04 Å². The highest BCUT2D eigenvalue weighted by molar-refractivity contribution is 5.72. The minimum Gasteiger partial charge on any atom is -0.480 e. The molecule has 12 heavy (non-hydrogen) atoms. The fourth-order valence-corrected chi connectivity index (χ4v) is 1.36. The van der Waals surface area contributed by atoms with Crippen molar-refractivity contribution in [1.82, 2.24) is 4.90 Å². The number of hydrogen-bond acceptors (Lipinski definition) is 2. The molecule has 0 aromatic heterocycles. The van der Waals surface area contributed by atoms with Crippen molar-refractivity contribution in [1.29, 1.82) is 0 Å². The van der Waals surface area contributed by atoms with Gasteiger partial charge >= 0.3 is 5.97 Å². The number of likely N-dealkylation sites (N-methyl/N-ethyl adjacent to an activating group) is 1. The predicted octanol–water partition coefficient (Wildman–Crippen LogP) is 1.58. The molecule has 0 aromatic carbocycles. The highest BCUT2D eigenvalue weighted by Gasteiger charge is 2.21. The molecule has 0 saturated carbocycles. The number of hydrogen-bond donors (Lipinski definition) is 1. The van der Waals surface area contributed by atoms with Crippen molar-refractivity contribution < 1.29 is 9.90 Å². The summed E-state index contributed by atoms with van der Waals surface area (Å²) in [5, 5.41) is 8.75. The molecule has 0 aromatic rings. The van der Waals surface area contributed by atoms with Gasteiger partial charge in [0.15, 0.2) is 0 Å². The summed E-state index contributed by atoms with van der Waals surface area (Å²) >= 11 is 0. The van der Waals surface area contributed by atoms with Crippen molar-refractivity contribution in [2.24, 2.45) is 0 Å². The maximum atomic E-state index is 10.6. The lowest BCUT2D eigenvalue weighted by atomic mass is 10.1. The van der Waals surface area contributed by atoms with Crippen LogP contribution in [0, 0.1) is 0 Å². The van der Waals surface area contributed by atoms with Crippen LogP contribution in [0.4, 0.5) is 0 Å². The Bertz CT molecular complexity index is 143. The SMILES string of the molecule is CCC(CC)N(C)C(C)C(=O)O. The Morgan fingerprint density at radius 1 is 1.42 bits per heavy atom. The molecule has 0 rings (SSSR count). The van der Waals surface area contributed by atoms with Crippen molar-refractivity contribution in [3.63, 3.8) is 0 Å². The maximum Gasteiger partial charge on any atom is 0.320 e. The van der Waals surface area contributed by atoms with Gasteiger partial charge in [-0.05, 0) is 26.8 Å². The number of rotatable bonds is 5. The van der Waals surface area contributed by atoms with Crippen LogP contribution in [0.3, 0.4) is 0 Å². The molecule has 3 heteroatoms. The van der Waals surface area contributed by atoms with Gasteiger partial charge in [0.2, 0.25) is 0 Å². The molecule has 0 fully saturated rings. The highest BCUT2D eigenvalue weighted by atomic mass is 16.4. The van der Waals surface area contributed by atoms with E-state index in [1.165, 1.54) is 0 Å². The third kappa shape index (κ3) is 2.81. The van der Waals surface area contributed by atoms with Gasteiger partial charge in [0, 0.05) is 6.04 Å². The summed E-state index contributed by atoms with van der Waals surface area (Å²) < 4.78 is 0. The Morgan fingerprint density at radius 3 is 2.08 bits per heavy atom. The van der Waals surface area contributed by atoms with Crippen molar-refractivity contribution >= 4 is 5.97 Å². The maximum absolute atomic E-state index is 10.6. The smallest absolute Gasteiger partial charge is 0.320 e. The van der Waals surface area contributed by atoms with E-state index in [4.69, 9.17) is 5.11 Å². The van der Waals surface area contributed by atoms with Gasteiger partial charge in [-0.3, -0.25) is 9.69 Å². The van der Waals surface area contributed by atoms with E-state index in [9.17, 15) is 4.79 Å². The third-order valence-electron chi connectivity index (χ3n) is 2.49.